The van der Waals surface area contributed by atoms with Gasteiger partial charge in [-0.05, 0) is 73.9 Å². The number of aryl methyl sites for hydroxylation is 2. The molecule has 0 aliphatic carbocycles. The van der Waals surface area contributed by atoms with Crippen LogP contribution >= 0.6 is 11.6 Å². The lowest BCUT2D eigenvalue weighted by molar-refractivity contribution is 0.0984. The Hall–Kier alpha value is -4.23. The van der Waals surface area contributed by atoms with Crippen LogP contribution in [-0.4, -0.2) is 28.3 Å². The zero-order valence-corrected chi connectivity index (χ0v) is 20.3. The number of amides is 2. The van der Waals surface area contributed by atoms with Crippen LogP contribution in [0.2, 0.25) is 5.02 Å². The van der Waals surface area contributed by atoms with Crippen LogP contribution in [0, 0.1) is 6.92 Å². The van der Waals surface area contributed by atoms with Gasteiger partial charge in [-0.3, -0.25) is 14.4 Å². The van der Waals surface area contributed by atoms with Crippen LogP contribution in [0.1, 0.15) is 38.4 Å². The van der Waals surface area contributed by atoms with Gasteiger partial charge in [0.1, 0.15) is 5.82 Å². The van der Waals surface area contributed by atoms with E-state index >= 15 is 0 Å². The van der Waals surface area contributed by atoms with Crippen molar-refractivity contribution < 1.29 is 9.59 Å². The van der Waals surface area contributed by atoms with Crippen molar-refractivity contribution in [2.75, 3.05) is 16.8 Å². The Kier molecular flexibility index (Phi) is 6.40. The second-order valence-corrected chi connectivity index (χ2v) is 9.12. The monoisotopic (exact) mass is 498 g/mol. The van der Waals surface area contributed by atoms with Gasteiger partial charge >= 0.3 is 0 Å². The second-order valence-electron chi connectivity index (χ2n) is 8.68. The fraction of sp³-hybridized carbons (Fsp3) is 0.143. The summed E-state index contributed by atoms with van der Waals surface area (Å²) in [6.07, 6.45) is 1.58. The van der Waals surface area contributed by atoms with E-state index in [1.807, 2.05) is 18.2 Å². The van der Waals surface area contributed by atoms with Crippen molar-refractivity contribution >= 4 is 34.8 Å². The standard InChI is InChI=1S/C28H23ClN4O3/c1-17-13-25(34)32-26(30-17)19-5-3-9-23(16-19)31-27(35)20-10-11-24-18(14-20)7-4-12-33(24)28(36)21-6-2-8-22(29)15-21/h2-3,5-6,8-11,13-16H,4,7,12H2,1H3,(H,31,35)(H,30,32,34). The van der Waals surface area contributed by atoms with Gasteiger partial charge in [0.05, 0.1) is 0 Å². The number of aromatic amines is 1. The molecule has 2 N–H and O–H groups in total. The number of benzene rings is 3. The maximum Gasteiger partial charge on any atom is 0.258 e. The van der Waals surface area contributed by atoms with Crippen LogP contribution in [0.25, 0.3) is 11.4 Å². The average molecular weight is 499 g/mol. The Labute approximate surface area is 212 Å². The second kappa shape index (κ2) is 9.79. The average Bonchev–Trinajstić information content (AvgIpc) is 2.87. The summed E-state index contributed by atoms with van der Waals surface area (Å²) < 4.78 is 0. The Morgan fingerprint density at radius 3 is 2.64 bits per heavy atom. The van der Waals surface area contributed by atoms with Crippen molar-refractivity contribution in [3.63, 3.8) is 0 Å². The molecular formula is C28H23ClN4O3. The Morgan fingerprint density at radius 2 is 1.83 bits per heavy atom. The molecule has 7 nitrogen and oxygen atoms in total. The van der Waals surface area contributed by atoms with Crippen LogP contribution in [-0.2, 0) is 6.42 Å². The quantitative estimate of drug-likeness (QED) is 0.402. The van der Waals surface area contributed by atoms with E-state index in [4.69, 9.17) is 11.6 Å². The molecule has 0 radical (unpaired) electrons. The first-order valence-corrected chi connectivity index (χ1v) is 12.0. The van der Waals surface area contributed by atoms with E-state index in [-0.39, 0.29) is 17.4 Å². The first-order valence-electron chi connectivity index (χ1n) is 11.6. The lowest BCUT2D eigenvalue weighted by Gasteiger charge is -2.30. The number of hydrogen-bond donors (Lipinski definition) is 2. The molecule has 0 unspecified atom stereocenters. The van der Waals surface area contributed by atoms with Crippen molar-refractivity contribution in [2.45, 2.75) is 19.8 Å². The number of aromatic nitrogens is 2. The molecular weight excluding hydrogens is 476 g/mol. The Morgan fingerprint density at radius 1 is 1.00 bits per heavy atom. The first kappa shape index (κ1) is 23.5. The molecule has 180 valence electrons. The fourth-order valence-corrected chi connectivity index (χ4v) is 4.58. The zero-order valence-electron chi connectivity index (χ0n) is 19.5. The molecule has 0 saturated carbocycles. The minimum Gasteiger partial charge on any atom is -0.322 e. The maximum absolute atomic E-state index is 13.1. The Balaban J connectivity index is 1.37. The molecule has 3 aromatic carbocycles. The molecule has 36 heavy (non-hydrogen) atoms. The van der Waals surface area contributed by atoms with Crippen LogP contribution in [0.4, 0.5) is 11.4 Å². The summed E-state index contributed by atoms with van der Waals surface area (Å²) in [4.78, 5) is 46.8. The molecule has 8 heteroatoms. The number of rotatable bonds is 4. The molecule has 0 saturated heterocycles. The fourth-order valence-electron chi connectivity index (χ4n) is 4.39. The smallest absolute Gasteiger partial charge is 0.258 e. The minimum atomic E-state index is -0.265. The van der Waals surface area contributed by atoms with Gasteiger partial charge in [-0.1, -0.05) is 29.8 Å². The molecule has 1 aliphatic heterocycles. The third-order valence-electron chi connectivity index (χ3n) is 6.04. The number of nitrogens with one attached hydrogen (secondary N) is 2. The lowest BCUT2D eigenvalue weighted by Crippen LogP contribution is -2.35. The number of fused-ring (bicyclic) bond motifs is 1. The molecule has 0 atom stereocenters. The van der Waals surface area contributed by atoms with Gasteiger partial charge < -0.3 is 15.2 Å². The molecule has 1 aliphatic rings. The number of carbonyl (C=O) groups excluding carboxylic acids is 2. The zero-order chi connectivity index (χ0) is 25.2. The van der Waals surface area contributed by atoms with E-state index < -0.39 is 0 Å². The van der Waals surface area contributed by atoms with Gasteiger partial charge in [-0.15, -0.1) is 0 Å². The van der Waals surface area contributed by atoms with E-state index in [1.165, 1.54) is 6.07 Å². The van der Waals surface area contributed by atoms with E-state index in [0.717, 1.165) is 24.1 Å². The number of carbonyl (C=O) groups is 2. The third-order valence-corrected chi connectivity index (χ3v) is 6.28. The number of nitrogens with zero attached hydrogens (tertiary/aromatic N) is 2. The van der Waals surface area contributed by atoms with Gasteiger partial charge in [0.15, 0.2) is 0 Å². The summed E-state index contributed by atoms with van der Waals surface area (Å²) in [5, 5.41) is 3.43. The molecule has 2 amide bonds. The van der Waals surface area contributed by atoms with Gasteiger partial charge in [0, 0.05) is 51.4 Å². The molecule has 1 aromatic heterocycles. The van der Waals surface area contributed by atoms with Crippen molar-refractivity contribution in [3.05, 3.63) is 111 Å². The summed E-state index contributed by atoms with van der Waals surface area (Å²) in [6, 6.07) is 20.9. The van der Waals surface area contributed by atoms with Gasteiger partial charge in [0.25, 0.3) is 17.4 Å². The van der Waals surface area contributed by atoms with Crippen molar-refractivity contribution in [1.82, 2.24) is 9.97 Å². The van der Waals surface area contributed by atoms with Crippen molar-refractivity contribution in [1.29, 1.82) is 0 Å². The summed E-state index contributed by atoms with van der Waals surface area (Å²) in [5.41, 5.74) is 4.42. The van der Waals surface area contributed by atoms with Gasteiger partial charge in [0.2, 0.25) is 0 Å². The minimum absolute atomic E-state index is 0.115. The highest BCUT2D eigenvalue weighted by Crippen LogP contribution is 2.30. The molecule has 0 fully saturated rings. The van der Waals surface area contributed by atoms with E-state index in [0.29, 0.717) is 45.5 Å². The highest BCUT2D eigenvalue weighted by Gasteiger charge is 2.24. The largest absolute Gasteiger partial charge is 0.322 e. The SMILES string of the molecule is Cc1cc(=O)[nH]c(-c2cccc(NC(=O)c3ccc4c(c3)CCCN4C(=O)c3cccc(Cl)c3)c2)n1. The van der Waals surface area contributed by atoms with Crippen LogP contribution in [0.3, 0.4) is 0 Å². The van der Waals surface area contributed by atoms with E-state index in [9.17, 15) is 14.4 Å². The number of halogens is 1. The van der Waals surface area contributed by atoms with E-state index in [2.05, 4.69) is 15.3 Å². The number of hydrogen-bond acceptors (Lipinski definition) is 4. The van der Waals surface area contributed by atoms with Gasteiger partial charge in [-0.2, -0.15) is 0 Å². The van der Waals surface area contributed by atoms with Crippen molar-refractivity contribution in [3.8, 4) is 11.4 Å². The summed E-state index contributed by atoms with van der Waals surface area (Å²) in [6.45, 7) is 2.36. The number of anilines is 2. The van der Waals surface area contributed by atoms with E-state index in [1.54, 1.807) is 60.4 Å². The molecule has 2 heterocycles. The molecule has 0 spiro atoms. The van der Waals surface area contributed by atoms with Crippen LogP contribution in [0.5, 0.6) is 0 Å². The third kappa shape index (κ3) is 4.92. The highest BCUT2D eigenvalue weighted by atomic mass is 35.5. The lowest BCUT2D eigenvalue weighted by atomic mass is 9.98. The molecule has 0 bridgehead atoms. The van der Waals surface area contributed by atoms with Crippen LogP contribution < -0.4 is 15.8 Å². The highest BCUT2D eigenvalue weighted by molar-refractivity contribution is 6.31. The van der Waals surface area contributed by atoms with Crippen molar-refractivity contribution in [2.24, 2.45) is 0 Å². The van der Waals surface area contributed by atoms with Crippen LogP contribution in [0.15, 0.2) is 77.6 Å². The molecule has 5 rings (SSSR count). The first-order chi connectivity index (χ1) is 17.4. The predicted octanol–water partition coefficient (Wildman–Crippen LogP) is 5.24. The summed E-state index contributed by atoms with van der Waals surface area (Å²) in [7, 11) is 0. The van der Waals surface area contributed by atoms with Gasteiger partial charge in [-0.25, -0.2) is 4.98 Å². The summed E-state index contributed by atoms with van der Waals surface area (Å²) in [5.74, 6) is 0.0588. The summed E-state index contributed by atoms with van der Waals surface area (Å²) >= 11 is 6.07. The normalized spacial score (nSPS) is 12.7. The topological polar surface area (TPSA) is 95.2 Å². The number of H-pyrrole nitrogens is 1. The maximum atomic E-state index is 13.1. The Bertz CT molecular complexity index is 1550. The molecule has 4 aromatic rings. The predicted molar refractivity (Wildman–Crippen MR) is 141 cm³/mol.